The molecule has 0 aliphatic heterocycles. The van der Waals surface area contributed by atoms with E-state index < -0.39 is 11.8 Å². The van der Waals surface area contributed by atoms with Gasteiger partial charge in [0, 0.05) is 11.4 Å². The smallest absolute Gasteiger partial charge is 0.329 e. The minimum absolute atomic E-state index is 0.163. The summed E-state index contributed by atoms with van der Waals surface area (Å²) in [5.41, 5.74) is 7.23. The van der Waals surface area contributed by atoms with Crippen molar-refractivity contribution in [2.24, 2.45) is 5.10 Å². The molecule has 0 radical (unpaired) electrons. The summed E-state index contributed by atoms with van der Waals surface area (Å²) >= 11 is 0. The highest BCUT2D eigenvalue weighted by Gasteiger charge is 2.13. The second-order valence-electron chi connectivity index (χ2n) is 7.73. The third-order valence-electron chi connectivity index (χ3n) is 4.91. The minimum atomic E-state index is -0.894. The number of carbonyl (C=O) groups excluding carboxylic acids is 3. The number of hydrogen-bond donors (Lipinski definition) is 3. The van der Waals surface area contributed by atoms with Gasteiger partial charge in [0.25, 0.3) is 5.91 Å². The van der Waals surface area contributed by atoms with E-state index in [4.69, 9.17) is 4.74 Å². The van der Waals surface area contributed by atoms with E-state index in [1.54, 1.807) is 36.4 Å². The minimum Gasteiger partial charge on any atom is -0.484 e. The molecule has 0 saturated heterocycles. The van der Waals surface area contributed by atoms with Crippen LogP contribution in [0, 0.1) is 20.8 Å². The zero-order valence-electron chi connectivity index (χ0n) is 19.2. The summed E-state index contributed by atoms with van der Waals surface area (Å²) in [5, 5.41) is 9.11. The molecule has 0 aliphatic carbocycles. The number of hydrogen-bond acceptors (Lipinski definition) is 5. The molecule has 0 heterocycles. The molecule has 0 atom stereocenters. The Labute approximate surface area is 198 Å². The first-order valence-electron chi connectivity index (χ1n) is 10.6. The summed E-state index contributed by atoms with van der Waals surface area (Å²) in [5.74, 6) is -1.54. The third kappa shape index (κ3) is 7.30. The highest BCUT2D eigenvalue weighted by Crippen LogP contribution is 2.14. The van der Waals surface area contributed by atoms with E-state index in [0.717, 1.165) is 16.7 Å². The predicted octanol–water partition coefficient (Wildman–Crippen LogP) is 3.72. The zero-order valence-corrected chi connectivity index (χ0v) is 19.2. The van der Waals surface area contributed by atoms with Crippen molar-refractivity contribution in [1.29, 1.82) is 0 Å². The van der Waals surface area contributed by atoms with Crippen LogP contribution in [0.3, 0.4) is 0 Å². The average molecular weight is 459 g/mol. The van der Waals surface area contributed by atoms with Crippen molar-refractivity contribution in [2.45, 2.75) is 20.8 Å². The van der Waals surface area contributed by atoms with E-state index in [0.29, 0.717) is 22.7 Å². The Bertz CT molecular complexity index is 1220. The van der Waals surface area contributed by atoms with Crippen LogP contribution in [-0.2, 0) is 14.4 Å². The molecule has 0 saturated carbocycles. The molecule has 0 aromatic heterocycles. The molecule has 3 rings (SSSR count). The first kappa shape index (κ1) is 24.2. The number of hydrazone groups is 1. The van der Waals surface area contributed by atoms with Crippen molar-refractivity contribution in [3.63, 3.8) is 0 Å². The summed E-state index contributed by atoms with van der Waals surface area (Å²) < 4.78 is 5.53. The van der Waals surface area contributed by atoms with Crippen molar-refractivity contribution in [3.8, 4) is 5.75 Å². The molecule has 8 heteroatoms. The SMILES string of the molecule is Cc1ccc(NC(=O)COc2cccc(/C=N\NC(=O)C(=O)Nc3ccc(C)c(C)c3)c2)cc1. The Balaban J connectivity index is 1.48. The van der Waals surface area contributed by atoms with Crippen LogP contribution in [0.4, 0.5) is 11.4 Å². The number of anilines is 2. The summed E-state index contributed by atoms with van der Waals surface area (Å²) in [6.07, 6.45) is 1.38. The molecule has 34 heavy (non-hydrogen) atoms. The highest BCUT2D eigenvalue weighted by atomic mass is 16.5. The Kier molecular flexibility index (Phi) is 8.12. The van der Waals surface area contributed by atoms with Gasteiger partial charge in [-0.25, -0.2) is 5.43 Å². The molecule has 0 fully saturated rings. The number of nitrogens with one attached hydrogen (secondary N) is 3. The van der Waals surface area contributed by atoms with E-state index in [9.17, 15) is 14.4 Å². The van der Waals surface area contributed by atoms with E-state index >= 15 is 0 Å². The van der Waals surface area contributed by atoms with Gasteiger partial charge in [0.15, 0.2) is 6.61 Å². The zero-order chi connectivity index (χ0) is 24.5. The summed E-state index contributed by atoms with van der Waals surface area (Å²) in [6, 6.07) is 19.7. The molecular weight excluding hydrogens is 432 g/mol. The van der Waals surface area contributed by atoms with Crippen molar-refractivity contribution >= 4 is 35.3 Å². The van der Waals surface area contributed by atoms with E-state index in [2.05, 4.69) is 21.2 Å². The molecule has 3 aromatic carbocycles. The van der Waals surface area contributed by atoms with Gasteiger partial charge in [-0.15, -0.1) is 0 Å². The first-order chi connectivity index (χ1) is 16.3. The summed E-state index contributed by atoms with van der Waals surface area (Å²) in [6.45, 7) is 5.69. The third-order valence-corrected chi connectivity index (χ3v) is 4.91. The summed E-state index contributed by atoms with van der Waals surface area (Å²) in [7, 11) is 0. The standard InChI is InChI=1S/C26H26N4O4/c1-17-7-10-21(11-8-17)28-24(31)16-34-23-6-4-5-20(14-23)15-27-30-26(33)25(32)29-22-12-9-18(2)19(3)13-22/h4-15H,16H2,1-3H3,(H,28,31)(H,29,32)(H,30,33)/b27-15-. The van der Waals surface area contributed by atoms with Gasteiger partial charge >= 0.3 is 11.8 Å². The number of aryl methyl sites for hydroxylation is 3. The fourth-order valence-electron chi connectivity index (χ4n) is 2.89. The normalized spacial score (nSPS) is 10.6. The maximum absolute atomic E-state index is 12.1. The maximum Gasteiger partial charge on any atom is 0.329 e. The maximum atomic E-state index is 12.1. The molecule has 0 spiro atoms. The molecular formula is C26H26N4O4. The molecule has 0 bridgehead atoms. The fourth-order valence-corrected chi connectivity index (χ4v) is 2.89. The van der Waals surface area contributed by atoms with Crippen LogP contribution in [-0.4, -0.2) is 30.5 Å². The monoisotopic (exact) mass is 458 g/mol. The lowest BCUT2D eigenvalue weighted by Gasteiger charge is -2.08. The molecule has 3 amide bonds. The Hall–Kier alpha value is -4.46. The van der Waals surface area contributed by atoms with Gasteiger partial charge in [-0.05, 0) is 73.9 Å². The van der Waals surface area contributed by atoms with E-state index in [-0.39, 0.29) is 12.5 Å². The largest absolute Gasteiger partial charge is 0.484 e. The van der Waals surface area contributed by atoms with Crippen LogP contribution in [0.5, 0.6) is 5.75 Å². The topological polar surface area (TPSA) is 109 Å². The number of rotatable bonds is 7. The van der Waals surface area contributed by atoms with Gasteiger partial charge in [0.05, 0.1) is 6.21 Å². The molecule has 174 valence electrons. The van der Waals surface area contributed by atoms with Crippen molar-refractivity contribution in [3.05, 3.63) is 89.0 Å². The highest BCUT2D eigenvalue weighted by molar-refractivity contribution is 6.39. The average Bonchev–Trinajstić information content (AvgIpc) is 2.82. The van der Waals surface area contributed by atoms with Crippen LogP contribution in [0.1, 0.15) is 22.3 Å². The van der Waals surface area contributed by atoms with Gasteiger partial charge in [0.1, 0.15) is 5.75 Å². The lowest BCUT2D eigenvalue weighted by Crippen LogP contribution is -2.32. The van der Waals surface area contributed by atoms with Gasteiger partial charge < -0.3 is 15.4 Å². The number of amides is 3. The van der Waals surface area contributed by atoms with Crippen LogP contribution >= 0.6 is 0 Å². The molecule has 0 aliphatic rings. The van der Waals surface area contributed by atoms with Gasteiger partial charge in [-0.3, -0.25) is 14.4 Å². The van der Waals surface area contributed by atoms with Crippen LogP contribution in [0.25, 0.3) is 0 Å². The molecule has 3 N–H and O–H groups in total. The van der Waals surface area contributed by atoms with Crippen LogP contribution in [0.15, 0.2) is 71.8 Å². The van der Waals surface area contributed by atoms with E-state index in [1.165, 1.54) is 6.21 Å². The van der Waals surface area contributed by atoms with Gasteiger partial charge in [-0.1, -0.05) is 35.9 Å². The van der Waals surface area contributed by atoms with Crippen LogP contribution in [0.2, 0.25) is 0 Å². The van der Waals surface area contributed by atoms with E-state index in [1.807, 2.05) is 51.1 Å². The lowest BCUT2D eigenvalue weighted by atomic mass is 10.1. The van der Waals surface area contributed by atoms with Crippen molar-refractivity contribution in [2.75, 3.05) is 17.2 Å². The Morgan fingerprint density at radius 3 is 2.29 bits per heavy atom. The van der Waals surface area contributed by atoms with Crippen LogP contribution < -0.4 is 20.8 Å². The number of nitrogens with zero attached hydrogens (tertiary/aromatic N) is 1. The number of benzene rings is 3. The Morgan fingerprint density at radius 2 is 1.56 bits per heavy atom. The lowest BCUT2D eigenvalue weighted by molar-refractivity contribution is -0.136. The molecule has 0 unspecified atom stereocenters. The van der Waals surface area contributed by atoms with Gasteiger partial charge in [0.2, 0.25) is 0 Å². The molecule has 8 nitrogen and oxygen atoms in total. The van der Waals surface area contributed by atoms with Crippen molar-refractivity contribution in [1.82, 2.24) is 5.43 Å². The fraction of sp³-hybridized carbons (Fsp3) is 0.154. The van der Waals surface area contributed by atoms with Crippen molar-refractivity contribution < 1.29 is 19.1 Å². The number of ether oxygens (including phenoxy) is 1. The molecule has 3 aromatic rings. The second kappa shape index (κ2) is 11.4. The first-order valence-corrected chi connectivity index (χ1v) is 10.6. The number of carbonyl (C=O) groups is 3. The summed E-state index contributed by atoms with van der Waals surface area (Å²) in [4.78, 5) is 36.1. The predicted molar refractivity (Wildman–Crippen MR) is 132 cm³/mol. The second-order valence-corrected chi connectivity index (χ2v) is 7.73. The quantitative estimate of drug-likeness (QED) is 0.285. The van der Waals surface area contributed by atoms with Gasteiger partial charge in [-0.2, -0.15) is 5.10 Å². The Morgan fingerprint density at radius 1 is 0.824 bits per heavy atom.